The number of nitrogens with zero attached hydrogens (tertiary/aromatic N) is 1. The van der Waals surface area contributed by atoms with Crippen molar-refractivity contribution in [3.05, 3.63) is 45.6 Å². The van der Waals surface area contributed by atoms with Crippen molar-refractivity contribution in [3.63, 3.8) is 0 Å². The predicted molar refractivity (Wildman–Crippen MR) is 102 cm³/mol. The van der Waals surface area contributed by atoms with Crippen LogP contribution in [0.15, 0.2) is 18.3 Å². The van der Waals surface area contributed by atoms with Crippen LogP contribution >= 0.6 is 11.3 Å². The van der Waals surface area contributed by atoms with Crippen molar-refractivity contribution in [2.75, 3.05) is 12.4 Å². The van der Waals surface area contributed by atoms with Crippen LogP contribution in [0.5, 0.6) is 0 Å². The van der Waals surface area contributed by atoms with Gasteiger partial charge in [-0.1, -0.05) is 6.42 Å². The van der Waals surface area contributed by atoms with Crippen LogP contribution in [0.1, 0.15) is 51.3 Å². The Hall–Kier alpha value is -2.21. The molecular weight excluding hydrogens is 348 g/mol. The minimum Gasteiger partial charge on any atom is -0.465 e. The van der Waals surface area contributed by atoms with E-state index in [1.165, 1.54) is 29.7 Å². The summed E-state index contributed by atoms with van der Waals surface area (Å²) < 4.78 is 6.91. The van der Waals surface area contributed by atoms with Crippen LogP contribution in [0.4, 0.5) is 5.00 Å². The number of esters is 1. The Morgan fingerprint density at radius 1 is 1.23 bits per heavy atom. The van der Waals surface area contributed by atoms with Crippen LogP contribution in [-0.2, 0) is 28.9 Å². The quantitative estimate of drug-likeness (QED) is 0.508. The molecule has 0 unspecified atom stereocenters. The molecule has 1 N–H and O–H groups in total. The molecule has 0 fully saturated rings. The molecule has 5 nitrogen and oxygen atoms in total. The molecule has 0 spiro atoms. The molecule has 0 saturated heterocycles. The van der Waals surface area contributed by atoms with E-state index < -0.39 is 0 Å². The molecule has 1 aliphatic carbocycles. The molecule has 2 aromatic heterocycles. The topological polar surface area (TPSA) is 59.3 Å². The summed E-state index contributed by atoms with van der Waals surface area (Å²) in [5.74, 6) is -0.496. The number of thiophene rings is 1. The monoisotopic (exact) mass is 373 g/mol. The Morgan fingerprint density at radius 2 is 2.00 bits per heavy atom. The van der Waals surface area contributed by atoms with Gasteiger partial charge in [-0.15, -0.1) is 11.3 Å². The molecule has 0 aromatic carbocycles. The third kappa shape index (κ3) is 3.80. The molecule has 2 heterocycles. The third-order valence-corrected chi connectivity index (χ3v) is 6.20. The largest absolute Gasteiger partial charge is 0.465 e. The van der Waals surface area contributed by atoms with E-state index in [2.05, 4.69) is 5.32 Å². The highest BCUT2D eigenvalue weighted by molar-refractivity contribution is 7.17. The minimum atomic E-state index is -0.362. The Balaban J connectivity index is 1.86. The zero-order valence-corrected chi connectivity index (χ0v) is 16.4. The third-order valence-electron chi connectivity index (χ3n) is 4.99. The molecule has 0 atom stereocenters. The maximum Gasteiger partial charge on any atom is 0.341 e. The lowest BCUT2D eigenvalue weighted by atomic mass is 10.1. The van der Waals surface area contributed by atoms with Gasteiger partial charge in [0.15, 0.2) is 11.9 Å². The fourth-order valence-corrected chi connectivity index (χ4v) is 4.68. The number of pyridine rings is 1. The summed E-state index contributed by atoms with van der Waals surface area (Å²) in [4.78, 5) is 26.2. The fourth-order valence-electron chi connectivity index (χ4n) is 3.39. The van der Waals surface area contributed by atoms with Gasteiger partial charge in [0.1, 0.15) is 5.00 Å². The van der Waals surface area contributed by atoms with Crippen molar-refractivity contribution in [1.82, 2.24) is 0 Å². The summed E-state index contributed by atoms with van der Waals surface area (Å²) >= 11 is 1.52. The van der Waals surface area contributed by atoms with E-state index in [1.807, 2.05) is 36.7 Å². The maximum atomic E-state index is 12.6. The van der Waals surface area contributed by atoms with E-state index in [0.717, 1.165) is 42.5 Å². The average molecular weight is 373 g/mol. The lowest BCUT2D eigenvalue weighted by molar-refractivity contribution is -0.690. The predicted octanol–water partition coefficient (Wildman–Crippen LogP) is 3.35. The molecule has 1 aliphatic rings. The smallest absolute Gasteiger partial charge is 0.341 e. The van der Waals surface area contributed by atoms with Crippen LogP contribution in [0.3, 0.4) is 0 Å². The fraction of sp³-hybridized carbons (Fsp3) is 0.450. The first-order valence-corrected chi connectivity index (χ1v) is 9.81. The second-order valence-electron chi connectivity index (χ2n) is 6.71. The number of carbonyl (C=O) groups is 2. The van der Waals surface area contributed by atoms with Gasteiger partial charge in [-0.25, -0.2) is 4.79 Å². The molecule has 0 bridgehead atoms. The van der Waals surface area contributed by atoms with E-state index in [9.17, 15) is 9.59 Å². The summed E-state index contributed by atoms with van der Waals surface area (Å²) in [6, 6.07) is 3.96. The lowest BCUT2D eigenvalue weighted by Crippen LogP contribution is -2.43. The van der Waals surface area contributed by atoms with E-state index in [1.54, 1.807) is 0 Å². The van der Waals surface area contributed by atoms with Crippen molar-refractivity contribution < 1.29 is 18.9 Å². The van der Waals surface area contributed by atoms with Gasteiger partial charge in [0.25, 0.3) is 5.91 Å². The highest BCUT2D eigenvalue weighted by atomic mass is 32.1. The number of anilines is 1. The number of ether oxygens (including phenoxy) is 1. The molecule has 0 radical (unpaired) electrons. The molecule has 0 aliphatic heterocycles. The van der Waals surface area contributed by atoms with Gasteiger partial charge in [0.2, 0.25) is 6.54 Å². The first kappa shape index (κ1) is 18.6. The summed E-state index contributed by atoms with van der Waals surface area (Å²) in [6.45, 7) is 4.24. The lowest BCUT2D eigenvalue weighted by Gasteiger charge is -2.07. The summed E-state index contributed by atoms with van der Waals surface area (Å²) in [5.41, 5.74) is 3.80. The Labute approximate surface area is 158 Å². The number of methoxy groups -OCH3 is 1. The molecule has 138 valence electrons. The number of fused-ring (bicyclic) bond motifs is 1. The van der Waals surface area contributed by atoms with E-state index in [0.29, 0.717) is 10.6 Å². The number of rotatable bonds is 4. The van der Waals surface area contributed by atoms with Crippen molar-refractivity contribution in [2.24, 2.45) is 0 Å². The first-order valence-electron chi connectivity index (χ1n) is 8.99. The number of aryl methyl sites for hydroxylation is 2. The number of hydrogen-bond donors (Lipinski definition) is 1. The van der Waals surface area contributed by atoms with Crippen LogP contribution in [-0.4, -0.2) is 19.0 Å². The second kappa shape index (κ2) is 7.99. The van der Waals surface area contributed by atoms with Crippen LogP contribution in [0.2, 0.25) is 0 Å². The van der Waals surface area contributed by atoms with Gasteiger partial charge in [-0.2, -0.15) is 4.57 Å². The van der Waals surface area contributed by atoms with E-state index in [4.69, 9.17) is 4.74 Å². The van der Waals surface area contributed by atoms with Gasteiger partial charge in [0.05, 0.1) is 12.7 Å². The molecule has 0 saturated carbocycles. The number of nitrogens with one attached hydrogen (secondary N) is 1. The average Bonchev–Trinajstić information content (AvgIpc) is 2.79. The van der Waals surface area contributed by atoms with Crippen molar-refractivity contribution >= 4 is 28.2 Å². The number of hydrogen-bond acceptors (Lipinski definition) is 4. The number of carbonyl (C=O) groups excluding carboxylic acids is 2. The van der Waals surface area contributed by atoms with Gasteiger partial charge in [-0.3, -0.25) is 4.79 Å². The summed E-state index contributed by atoms with van der Waals surface area (Å²) in [6.07, 6.45) is 7.10. The SMILES string of the molecule is COC(=O)c1c(NC(=O)C[n+]2cccc(C)c2C)sc2c1CCCCC2. The van der Waals surface area contributed by atoms with Gasteiger partial charge in [0, 0.05) is 23.4 Å². The molecule has 1 amide bonds. The molecular formula is C20H25N2O3S+. The second-order valence-corrected chi connectivity index (χ2v) is 7.82. The molecule has 3 rings (SSSR count). The zero-order chi connectivity index (χ0) is 18.7. The Morgan fingerprint density at radius 3 is 2.77 bits per heavy atom. The van der Waals surface area contributed by atoms with Crippen molar-refractivity contribution in [2.45, 2.75) is 52.5 Å². The number of amides is 1. The first-order chi connectivity index (χ1) is 12.5. The van der Waals surface area contributed by atoms with E-state index in [-0.39, 0.29) is 18.4 Å². The maximum absolute atomic E-state index is 12.6. The normalized spacial score (nSPS) is 13.7. The Kier molecular flexibility index (Phi) is 5.71. The van der Waals surface area contributed by atoms with Crippen LogP contribution < -0.4 is 9.88 Å². The van der Waals surface area contributed by atoms with Gasteiger partial charge >= 0.3 is 5.97 Å². The molecule has 26 heavy (non-hydrogen) atoms. The Bertz CT molecular complexity index is 842. The highest BCUT2D eigenvalue weighted by Gasteiger charge is 2.27. The molecule has 2 aromatic rings. The van der Waals surface area contributed by atoms with Crippen molar-refractivity contribution in [3.8, 4) is 0 Å². The highest BCUT2D eigenvalue weighted by Crippen LogP contribution is 2.37. The van der Waals surface area contributed by atoms with Crippen LogP contribution in [0.25, 0.3) is 0 Å². The van der Waals surface area contributed by atoms with Crippen molar-refractivity contribution in [1.29, 1.82) is 0 Å². The summed E-state index contributed by atoms with van der Waals surface area (Å²) in [7, 11) is 1.39. The standard InChI is InChI=1S/C20H24N2O3S/c1-13-8-7-11-22(14(13)2)12-17(23)21-19-18(20(24)25-3)15-9-5-4-6-10-16(15)26-19/h7-8,11H,4-6,9-10,12H2,1-3H3/p+1. The number of aromatic nitrogens is 1. The minimum absolute atomic E-state index is 0.134. The van der Waals surface area contributed by atoms with Crippen LogP contribution in [0, 0.1) is 13.8 Å². The van der Waals surface area contributed by atoms with Gasteiger partial charge < -0.3 is 10.1 Å². The van der Waals surface area contributed by atoms with Gasteiger partial charge in [-0.05, 0) is 44.2 Å². The van der Waals surface area contributed by atoms with E-state index >= 15 is 0 Å². The molecule has 6 heteroatoms. The summed E-state index contributed by atoms with van der Waals surface area (Å²) in [5, 5.41) is 3.58. The zero-order valence-electron chi connectivity index (χ0n) is 15.6.